The second-order valence-electron chi connectivity index (χ2n) is 10.1. The van der Waals surface area contributed by atoms with Crippen LogP contribution in [-0.4, -0.2) is 33.4 Å². The summed E-state index contributed by atoms with van der Waals surface area (Å²) in [6.45, 7) is 8.84. The largest absolute Gasteiger partial charge is 0.493 e. The van der Waals surface area contributed by atoms with Crippen LogP contribution in [0, 0.1) is 12.3 Å². The lowest BCUT2D eigenvalue weighted by molar-refractivity contribution is -0.118. The molecule has 2 heterocycles. The van der Waals surface area contributed by atoms with Gasteiger partial charge in [0.1, 0.15) is 12.6 Å². The molecule has 8 heteroatoms. The summed E-state index contributed by atoms with van der Waals surface area (Å²) in [7, 11) is 1.64. The average molecular weight is 505 g/mol. The van der Waals surface area contributed by atoms with Gasteiger partial charge in [0.05, 0.1) is 7.11 Å². The monoisotopic (exact) mass is 504 g/mol. The van der Waals surface area contributed by atoms with Gasteiger partial charge < -0.3 is 14.8 Å². The van der Waals surface area contributed by atoms with E-state index in [1.165, 1.54) is 5.56 Å². The Labute approximate surface area is 216 Å². The molecule has 1 atom stereocenters. The fourth-order valence-electron chi connectivity index (χ4n) is 4.91. The molecule has 0 bridgehead atoms. The minimum atomic E-state index is -0.376. The average Bonchev–Trinajstić information content (AvgIpc) is 3.23. The van der Waals surface area contributed by atoms with E-state index >= 15 is 0 Å². The molecule has 2 aromatic carbocycles. The van der Waals surface area contributed by atoms with Crippen molar-refractivity contribution in [2.24, 2.45) is 5.41 Å². The summed E-state index contributed by atoms with van der Waals surface area (Å²) >= 11 is 1.58. The van der Waals surface area contributed by atoms with Gasteiger partial charge in [0.25, 0.3) is 0 Å². The SMILES string of the molecule is CCSc1nc2n(n1)C(c1ccc(OCc3ccc(C)cc3)c(OC)c1)C1=C(CC(C)(C)CC1=O)N2. The molecule has 0 saturated carbocycles. The Morgan fingerprint density at radius 1 is 1.14 bits per heavy atom. The predicted molar refractivity (Wildman–Crippen MR) is 142 cm³/mol. The zero-order valence-electron chi connectivity index (χ0n) is 21.4. The number of Topliss-reactive ketones (excluding diaryl/α,β-unsaturated/α-hetero) is 1. The van der Waals surface area contributed by atoms with Crippen molar-refractivity contribution in [3.8, 4) is 11.5 Å². The summed E-state index contributed by atoms with van der Waals surface area (Å²) in [4.78, 5) is 18.2. The molecule has 3 aromatic rings. The van der Waals surface area contributed by atoms with Gasteiger partial charge >= 0.3 is 0 Å². The van der Waals surface area contributed by atoms with Crippen molar-refractivity contribution in [2.45, 2.75) is 58.3 Å². The van der Waals surface area contributed by atoms with E-state index in [1.807, 2.05) is 22.9 Å². The van der Waals surface area contributed by atoms with Crippen molar-refractivity contribution >= 4 is 23.5 Å². The second kappa shape index (κ2) is 9.65. The van der Waals surface area contributed by atoms with Crippen LogP contribution >= 0.6 is 11.8 Å². The molecule has 1 aliphatic carbocycles. The molecule has 1 aliphatic heterocycles. The van der Waals surface area contributed by atoms with E-state index in [-0.39, 0.29) is 17.2 Å². The molecule has 0 amide bonds. The molecular weight excluding hydrogens is 472 g/mol. The van der Waals surface area contributed by atoms with Gasteiger partial charge in [0.2, 0.25) is 11.1 Å². The van der Waals surface area contributed by atoms with Crippen molar-refractivity contribution in [2.75, 3.05) is 18.2 Å². The van der Waals surface area contributed by atoms with Crippen LogP contribution in [0.3, 0.4) is 0 Å². The Morgan fingerprint density at radius 2 is 1.92 bits per heavy atom. The standard InChI is InChI=1S/C28H32N4O3S/c1-6-36-27-30-26-29-20-14-28(3,4)15-21(33)24(20)25(32(26)31-27)19-11-12-22(23(13-19)34-5)35-16-18-9-7-17(2)8-10-18/h7-13,25H,6,14-16H2,1-5H3,(H,29,30,31). The van der Waals surface area contributed by atoms with Crippen LogP contribution < -0.4 is 14.8 Å². The summed E-state index contributed by atoms with van der Waals surface area (Å²) in [6.07, 6.45) is 1.28. The van der Waals surface area contributed by atoms with Crippen LogP contribution in [0.25, 0.3) is 0 Å². The summed E-state index contributed by atoms with van der Waals surface area (Å²) in [5.41, 5.74) is 4.80. The molecule has 36 heavy (non-hydrogen) atoms. The Balaban J connectivity index is 1.52. The number of methoxy groups -OCH3 is 1. The van der Waals surface area contributed by atoms with Crippen LogP contribution in [0.4, 0.5) is 5.95 Å². The molecule has 1 unspecified atom stereocenters. The number of rotatable bonds is 7. The molecule has 0 saturated heterocycles. The molecule has 2 aliphatic rings. The lowest BCUT2D eigenvalue weighted by Crippen LogP contribution is -2.36. The number of carbonyl (C=O) groups is 1. The van der Waals surface area contributed by atoms with Crippen LogP contribution in [0.2, 0.25) is 0 Å². The van der Waals surface area contributed by atoms with E-state index in [2.05, 4.69) is 57.3 Å². The van der Waals surface area contributed by atoms with Crippen LogP contribution in [0.5, 0.6) is 11.5 Å². The van der Waals surface area contributed by atoms with Gasteiger partial charge in [-0.3, -0.25) is 4.79 Å². The topological polar surface area (TPSA) is 78.3 Å². The first-order valence-electron chi connectivity index (χ1n) is 12.3. The van der Waals surface area contributed by atoms with Crippen molar-refractivity contribution < 1.29 is 14.3 Å². The molecule has 0 radical (unpaired) electrons. The highest BCUT2D eigenvalue weighted by atomic mass is 32.2. The smallest absolute Gasteiger partial charge is 0.227 e. The Hall–Kier alpha value is -3.26. The van der Waals surface area contributed by atoms with Gasteiger partial charge in [-0.15, -0.1) is 5.10 Å². The van der Waals surface area contributed by atoms with Crippen molar-refractivity contribution in [1.82, 2.24) is 14.8 Å². The van der Waals surface area contributed by atoms with E-state index < -0.39 is 0 Å². The lowest BCUT2D eigenvalue weighted by atomic mass is 9.73. The summed E-state index contributed by atoms with van der Waals surface area (Å²) in [5.74, 6) is 2.95. The van der Waals surface area contributed by atoms with Gasteiger partial charge in [-0.05, 0) is 47.8 Å². The van der Waals surface area contributed by atoms with Gasteiger partial charge in [-0.2, -0.15) is 4.98 Å². The number of carbonyl (C=O) groups excluding carboxylic acids is 1. The van der Waals surface area contributed by atoms with Crippen molar-refractivity contribution in [3.05, 3.63) is 70.4 Å². The zero-order valence-corrected chi connectivity index (χ0v) is 22.2. The van der Waals surface area contributed by atoms with E-state index in [9.17, 15) is 4.79 Å². The lowest BCUT2D eigenvalue weighted by Gasteiger charge is -2.38. The number of ether oxygens (including phenoxy) is 2. The fourth-order valence-corrected chi connectivity index (χ4v) is 5.46. The Bertz CT molecular complexity index is 1330. The van der Waals surface area contributed by atoms with Gasteiger partial charge in [-0.25, -0.2) is 4.68 Å². The minimum Gasteiger partial charge on any atom is -0.493 e. The van der Waals surface area contributed by atoms with Gasteiger partial charge in [0, 0.05) is 17.7 Å². The van der Waals surface area contributed by atoms with E-state index in [0.29, 0.717) is 35.6 Å². The number of aryl methyl sites for hydroxylation is 1. The number of allylic oxidation sites excluding steroid dienone is 2. The number of hydrogen-bond donors (Lipinski definition) is 1. The molecule has 0 fully saturated rings. The van der Waals surface area contributed by atoms with Crippen molar-refractivity contribution in [3.63, 3.8) is 0 Å². The number of benzene rings is 2. The van der Waals surface area contributed by atoms with E-state index in [0.717, 1.165) is 34.6 Å². The molecule has 188 valence electrons. The summed E-state index contributed by atoms with van der Waals surface area (Å²) in [5, 5.41) is 8.89. The maximum Gasteiger partial charge on any atom is 0.227 e. The first kappa shape index (κ1) is 24.4. The maximum absolute atomic E-state index is 13.5. The van der Waals surface area contributed by atoms with Gasteiger partial charge in [-0.1, -0.05) is 68.4 Å². The number of fused-ring (bicyclic) bond motifs is 1. The Morgan fingerprint density at radius 3 is 2.64 bits per heavy atom. The summed E-state index contributed by atoms with van der Waals surface area (Å²) < 4.78 is 13.7. The first-order chi connectivity index (χ1) is 17.3. The minimum absolute atomic E-state index is 0.109. The van der Waals surface area contributed by atoms with Crippen LogP contribution in [0.15, 0.2) is 58.9 Å². The van der Waals surface area contributed by atoms with E-state index in [4.69, 9.17) is 19.6 Å². The van der Waals surface area contributed by atoms with Gasteiger partial charge in [0.15, 0.2) is 17.3 Å². The normalized spacial score (nSPS) is 18.4. The van der Waals surface area contributed by atoms with Crippen molar-refractivity contribution in [1.29, 1.82) is 0 Å². The number of nitrogens with zero attached hydrogens (tertiary/aromatic N) is 3. The molecule has 0 spiro atoms. The fraction of sp³-hybridized carbons (Fsp3) is 0.393. The molecular formula is C28H32N4O3S. The highest BCUT2D eigenvalue weighted by molar-refractivity contribution is 7.99. The number of anilines is 1. The Kier molecular flexibility index (Phi) is 6.55. The molecule has 5 rings (SSSR count). The maximum atomic E-state index is 13.5. The number of nitrogens with one attached hydrogen (secondary N) is 1. The number of thioether (sulfide) groups is 1. The third-order valence-electron chi connectivity index (χ3n) is 6.60. The highest BCUT2D eigenvalue weighted by Gasteiger charge is 2.42. The van der Waals surface area contributed by atoms with Crippen LogP contribution in [0.1, 0.15) is 56.3 Å². The summed E-state index contributed by atoms with van der Waals surface area (Å²) in [6, 6.07) is 13.8. The number of ketones is 1. The molecule has 1 aromatic heterocycles. The molecule has 7 nitrogen and oxygen atoms in total. The quantitative estimate of drug-likeness (QED) is 0.399. The van der Waals surface area contributed by atoms with Crippen LogP contribution in [-0.2, 0) is 11.4 Å². The first-order valence-corrected chi connectivity index (χ1v) is 13.3. The second-order valence-corrected chi connectivity index (χ2v) is 11.4. The third-order valence-corrected chi connectivity index (χ3v) is 7.32. The number of hydrogen-bond acceptors (Lipinski definition) is 7. The third kappa shape index (κ3) is 4.74. The highest BCUT2D eigenvalue weighted by Crippen LogP contribution is 2.46. The number of aromatic nitrogens is 3. The van der Waals surface area contributed by atoms with E-state index in [1.54, 1.807) is 18.9 Å². The predicted octanol–water partition coefficient (Wildman–Crippen LogP) is 5.94. The molecule has 1 N–H and O–H groups in total. The zero-order chi connectivity index (χ0) is 25.4.